The minimum Gasteiger partial charge on any atom is -0.490 e. The number of benzene rings is 1. The molecular weight excluding hydrogens is 316 g/mol. The minimum absolute atomic E-state index is 0.255. The van der Waals surface area contributed by atoms with Crippen molar-refractivity contribution in [3.8, 4) is 17.1 Å². The number of ether oxygens (including phenoxy) is 2. The van der Waals surface area contributed by atoms with Crippen molar-refractivity contribution in [2.75, 3.05) is 13.2 Å². The Kier molecular flexibility index (Phi) is 5.02. The van der Waals surface area contributed by atoms with E-state index in [9.17, 15) is 0 Å². The molecule has 25 heavy (non-hydrogen) atoms. The molecule has 0 bridgehead atoms. The third-order valence-electron chi connectivity index (χ3n) is 5.32. The minimum atomic E-state index is 0.255. The first kappa shape index (κ1) is 16.6. The van der Waals surface area contributed by atoms with Gasteiger partial charge >= 0.3 is 0 Å². The summed E-state index contributed by atoms with van der Waals surface area (Å²) in [4.78, 5) is 4.58. The smallest absolute Gasteiger partial charge is 0.227 e. The van der Waals surface area contributed by atoms with E-state index in [1.54, 1.807) is 0 Å². The van der Waals surface area contributed by atoms with Gasteiger partial charge in [-0.15, -0.1) is 0 Å². The van der Waals surface area contributed by atoms with Crippen molar-refractivity contribution in [1.29, 1.82) is 0 Å². The van der Waals surface area contributed by atoms with Gasteiger partial charge in [0.25, 0.3) is 0 Å². The zero-order valence-corrected chi connectivity index (χ0v) is 14.8. The molecule has 1 saturated carbocycles. The fourth-order valence-electron chi connectivity index (χ4n) is 3.88. The van der Waals surface area contributed by atoms with Gasteiger partial charge in [-0.3, -0.25) is 0 Å². The van der Waals surface area contributed by atoms with E-state index < -0.39 is 0 Å². The zero-order chi connectivity index (χ0) is 17.1. The van der Waals surface area contributed by atoms with Gasteiger partial charge in [0.2, 0.25) is 11.7 Å². The normalized spacial score (nSPS) is 24.5. The van der Waals surface area contributed by atoms with Gasteiger partial charge < -0.3 is 14.0 Å². The average Bonchev–Trinajstić information content (AvgIpc) is 3.26. The van der Waals surface area contributed by atoms with Crippen LogP contribution >= 0.6 is 0 Å². The van der Waals surface area contributed by atoms with Gasteiger partial charge in [0.1, 0.15) is 11.9 Å². The first-order valence-corrected chi connectivity index (χ1v) is 9.43. The SMILES string of the molecule is CC1CCC(Cc2nc(-c3ccc(OC4CCOCC4)cc3)no2)C1. The van der Waals surface area contributed by atoms with Crippen molar-refractivity contribution in [1.82, 2.24) is 10.1 Å². The van der Waals surface area contributed by atoms with Gasteiger partial charge in [-0.05, 0) is 48.9 Å². The molecule has 5 nitrogen and oxygen atoms in total. The fraction of sp³-hybridized carbons (Fsp3) is 0.600. The molecule has 2 heterocycles. The molecule has 5 heteroatoms. The van der Waals surface area contributed by atoms with Crippen molar-refractivity contribution in [2.24, 2.45) is 11.8 Å². The molecule has 0 radical (unpaired) electrons. The lowest BCUT2D eigenvalue weighted by molar-refractivity contribution is 0.0256. The Morgan fingerprint density at radius 2 is 1.88 bits per heavy atom. The standard InChI is InChI=1S/C20H26N2O3/c1-14-2-3-15(12-14)13-19-21-20(22-25-19)16-4-6-17(7-5-16)24-18-8-10-23-11-9-18/h4-7,14-15,18H,2-3,8-13H2,1H3. The molecule has 2 atom stereocenters. The van der Waals surface area contributed by atoms with Crippen LogP contribution in [0, 0.1) is 11.8 Å². The van der Waals surface area contributed by atoms with Crippen LogP contribution in [0.3, 0.4) is 0 Å². The monoisotopic (exact) mass is 342 g/mol. The Balaban J connectivity index is 1.36. The number of nitrogens with zero attached hydrogens (tertiary/aromatic N) is 2. The molecule has 134 valence electrons. The van der Waals surface area contributed by atoms with E-state index in [-0.39, 0.29) is 6.10 Å². The van der Waals surface area contributed by atoms with E-state index in [1.807, 2.05) is 24.3 Å². The topological polar surface area (TPSA) is 57.4 Å². The van der Waals surface area contributed by atoms with Crippen LogP contribution < -0.4 is 4.74 Å². The molecule has 0 N–H and O–H groups in total. The molecule has 0 spiro atoms. The van der Waals surface area contributed by atoms with Crippen LogP contribution in [0.15, 0.2) is 28.8 Å². The molecule has 1 aliphatic carbocycles. The molecule has 2 aliphatic rings. The van der Waals surface area contributed by atoms with Crippen LogP contribution in [0.5, 0.6) is 5.75 Å². The highest BCUT2D eigenvalue weighted by atomic mass is 16.5. The summed E-state index contributed by atoms with van der Waals surface area (Å²) in [5.74, 6) is 3.84. The lowest BCUT2D eigenvalue weighted by Gasteiger charge is -2.23. The zero-order valence-electron chi connectivity index (χ0n) is 14.8. The second-order valence-corrected chi connectivity index (χ2v) is 7.45. The Morgan fingerprint density at radius 3 is 2.60 bits per heavy atom. The summed E-state index contributed by atoms with van der Waals surface area (Å²) in [6.45, 7) is 3.89. The Labute approximate surface area is 148 Å². The second-order valence-electron chi connectivity index (χ2n) is 7.45. The number of hydrogen-bond acceptors (Lipinski definition) is 5. The summed E-state index contributed by atoms with van der Waals surface area (Å²) < 4.78 is 16.8. The average molecular weight is 342 g/mol. The lowest BCUT2D eigenvalue weighted by Crippen LogP contribution is -2.25. The van der Waals surface area contributed by atoms with E-state index >= 15 is 0 Å². The van der Waals surface area contributed by atoms with Crippen molar-refractivity contribution < 1.29 is 14.0 Å². The molecule has 1 saturated heterocycles. The largest absolute Gasteiger partial charge is 0.490 e. The maximum Gasteiger partial charge on any atom is 0.227 e. The molecule has 1 aromatic heterocycles. The summed E-state index contributed by atoms with van der Waals surface area (Å²) in [6.07, 6.45) is 6.94. The molecule has 4 rings (SSSR count). The summed E-state index contributed by atoms with van der Waals surface area (Å²) in [6, 6.07) is 7.97. The molecule has 1 aliphatic heterocycles. The number of rotatable bonds is 5. The third-order valence-corrected chi connectivity index (χ3v) is 5.32. The van der Waals surface area contributed by atoms with Crippen LogP contribution in [0.2, 0.25) is 0 Å². The predicted molar refractivity (Wildman–Crippen MR) is 94.4 cm³/mol. The number of hydrogen-bond donors (Lipinski definition) is 0. The molecule has 2 fully saturated rings. The van der Waals surface area contributed by atoms with E-state index in [0.29, 0.717) is 11.7 Å². The Morgan fingerprint density at radius 1 is 1.08 bits per heavy atom. The summed E-state index contributed by atoms with van der Waals surface area (Å²) in [7, 11) is 0. The summed E-state index contributed by atoms with van der Waals surface area (Å²) in [5.41, 5.74) is 0.967. The lowest BCUT2D eigenvalue weighted by atomic mass is 10.0. The van der Waals surface area contributed by atoms with Crippen molar-refractivity contribution in [2.45, 2.75) is 51.6 Å². The predicted octanol–water partition coefficient (Wildman–Crippen LogP) is 4.27. The quantitative estimate of drug-likeness (QED) is 0.812. The van der Waals surface area contributed by atoms with Gasteiger partial charge in [0.05, 0.1) is 13.2 Å². The van der Waals surface area contributed by atoms with Gasteiger partial charge in [0, 0.05) is 24.8 Å². The van der Waals surface area contributed by atoms with E-state index in [0.717, 1.165) is 55.6 Å². The fourth-order valence-corrected chi connectivity index (χ4v) is 3.88. The Hall–Kier alpha value is -1.88. The third kappa shape index (κ3) is 4.21. The summed E-state index contributed by atoms with van der Waals surface area (Å²) >= 11 is 0. The highest BCUT2D eigenvalue weighted by Crippen LogP contribution is 2.32. The van der Waals surface area contributed by atoms with Crippen LogP contribution in [-0.2, 0) is 11.2 Å². The first-order valence-electron chi connectivity index (χ1n) is 9.43. The van der Waals surface area contributed by atoms with Crippen molar-refractivity contribution >= 4 is 0 Å². The van der Waals surface area contributed by atoms with Crippen molar-refractivity contribution in [3.63, 3.8) is 0 Å². The molecule has 1 aromatic carbocycles. The molecule has 2 aromatic rings. The maximum absolute atomic E-state index is 6.01. The van der Waals surface area contributed by atoms with Crippen LogP contribution in [-0.4, -0.2) is 29.5 Å². The molecular formula is C20H26N2O3. The van der Waals surface area contributed by atoms with Crippen LogP contribution in [0.1, 0.15) is 44.9 Å². The van der Waals surface area contributed by atoms with Crippen LogP contribution in [0.4, 0.5) is 0 Å². The first-order chi connectivity index (χ1) is 12.3. The van der Waals surface area contributed by atoms with E-state index in [2.05, 4.69) is 17.1 Å². The van der Waals surface area contributed by atoms with Gasteiger partial charge in [0.15, 0.2) is 0 Å². The molecule has 2 unspecified atom stereocenters. The molecule has 0 amide bonds. The van der Waals surface area contributed by atoms with Gasteiger partial charge in [-0.1, -0.05) is 18.5 Å². The highest BCUT2D eigenvalue weighted by molar-refractivity contribution is 5.55. The second kappa shape index (κ2) is 7.56. The maximum atomic E-state index is 6.01. The van der Waals surface area contributed by atoms with Gasteiger partial charge in [-0.2, -0.15) is 4.98 Å². The van der Waals surface area contributed by atoms with E-state index in [1.165, 1.54) is 19.3 Å². The Bertz CT molecular complexity index is 677. The number of aromatic nitrogens is 2. The van der Waals surface area contributed by atoms with Crippen LogP contribution in [0.25, 0.3) is 11.4 Å². The van der Waals surface area contributed by atoms with Crippen molar-refractivity contribution in [3.05, 3.63) is 30.2 Å². The summed E-state index contributed by atoms with van der Waals surface area (Å²) in [5, 5.41) is 4.15. The van der Waals surface area contributed by atoms with Gasteiger partial charge in [-0.25, -0.2) is 0 Å². The van der Waals surface area contributed by atoms with E-state index in [4.69, 9.17) is 14.0 Å². The highest BCUT2D eigenvalue weighted by Gasteiger charge is 2.23.